The average molecular weight is 424 g/mol. The highest BCUT2D eigenvalue weighted by Crippen LogP contribution is 2.28. The van der Waals surface area contributed by atoms with Crippen molar-refractivity contribution in [2.45, 2.75) is 38.8 Å². The fourth-order valence-corrected chi connectivity index (χ4v) is 2.83. The van der Waals surface area contributed by atoms with E-state index in [2.05, 4.69) is 16.2 Å². The molecule has 150 valence electrons. The third kappa shape index (κ3) is 6.94. The second-order valence-electron chi connectivity index (χ2n) is 7.10. The largest absolute Gasteiger partial charge is 0.444 e. The van der Waals surface area contributed by atoms with Crippen molar-refractivity contribution in [3.8, 4) is 0 Å². The first-order valence-corrected chi connectivity index (χ1v) is 9.44. The number of hydrogen-bond donors (Lipinski definition) is 3. The topological polar surface area (TPSA) is 79.5 Å². The summed E-state index contributed by atoms with van der Waals surface area (Å²) in [6.07, 6.45) is -0.400. The first kappa shape index (κ1) is 21.9. The molecule has 0 bridgehead atoms. The monoisotopic (exact) mass is 423 g/mol. The summed E-state index contributed by atoms with van der Waals surface area (Å²) in [5.41, 5.74) is 5.83. The highest BCUT2D eigenvalue weighted by Gasteiger charge is 2.25. The zero-order chi connectivity index (χ0) is 20.7. The van der Waals surface area contributed by atoms with Crippen LogP contribution in [0.25, 0.3) is 0 Å². The molecule has 0 aromatic heterocycles. The van der Waals surface area contributed by atoms with Crippen LogP contribution in [0.4, 0.5) is 10.5 Å². The Labute approximate surface area is 174 Å². The van der Waals surface area contributed by atoms with Gasteiger partial charge in [0.05, 0.1) is 15.7 Å². The quantitative estimate of drug-likeness (QED) is 0.594. The van der Waals surface area contributed by atoms with E-state index in [-0.39, 0.29) is 6.42 Å². The zero-order valence-electron chi connectivity index (χ0n) is 15.9. The first-order chi connectivity index (χ1) is 13.2. The maximum atomic E-state index is 12.7. The summed E-state index contributed by atoms with van der Waals surface area (Å²) < 4.78 is 5.26. The fourth-order valence-electron chi connectivity index (χ4n) is 2.34. The number of amides is 2. The van der Waals surface area contributed by atoms with Gasteiger partial charge in [-0.05, 0) is 38.5 Å². The number of halogens is 2. The Morgan fingerprint density at radius 2 is 1.61 bits per heavy atom. The van der Waals surface area contributed by atoms with Crippen LogP contribution in [-0.2, 0) is 16.0 Å². The number of hydrazine groups is 1. The molecule has 8 heteroatoms. The van der Waals surface area contributed by atoms with Crippen molar-refractivity contribution >= 4 is 40.9 Å². The van der Waals surface area contributed by atoms with E-state index in [0.717, 1.165) is 5.56 Å². The minimum Gasteiger partial charge on any atom is -0.444 e. The molecule has 0 aliphatic carbocycles. The molecule has 0 heterocycles. The molecule has 0 spiro atoms. The van der Waals surface area contributed by atoms with Crippen LogP contribution in [-0.4, -0.2) is 23.6 Å². The highest BCUT2D eigenvalue weighted by atomic mass is 35.5. The van der Waals surface area contributed by atoms with Gasteiger partial charge in [0.2, 0.25) is 0 Å². The van der Waals surface area contributed by atoms with Gasteiger partial charge >= 0.3 is 6.09 Å². The Morgan fingerprint density at radius 3 is 2.18 bits per heavy atom. The van der Waals surface area contributed by atoms with Gasteiger partial charge in [0.25, 0.3) is 5.91 Å². The molecule has 0 aliphatic rings. The van der Waals surface area contributed by atoms with Gasteiger partial charge in [-0.1, -0.05) is 59.6 Å². The summed E-state index contributed by atoms with van der Waals surface area (Å²) in [7, 11) is 0. The normalized spacial score (nSPS) is 12.0. The third-order valence-corrected chi connectivity index (χ3v) is 4.19. The molecular formula is C20H23Cl2N3O3. The number of anilines is 1. The van der Waals surface area contributed by atoms with Crippen molar-refractivity contribution < 1.29 is 14.3 Å². The van der Waals surface area contributed by atoms with Crippen molar-refractivity contribution in [3.05, 3.63) is 64.1 Å². The summed E-state index contributed by atoms with van der Waals surface area (Å²) >= 11 is 12.2. The number of benzene rings is 2. The van der Waals surface area contributed by atoms with Crippen molar-refractivity contribution in [2.75, 3.05) is 5.43 Å². The van der Waals surface area contributed by atoms with E-state index in [4.69, 9.17) is 27.9 Å². The molecule has 2 rings (SSSR count). The van der Waals surface area contributed by atoms with Gasteiger partial charge in [0.15, 0.2) is 0 Å². The van der Waals surface area contributed by atoms with Crippen LogP contribution in [0.15, 0.2) is 48.5 Å². The van der Waals surface area contributed by atoms with Crippen LogP contribution in [0.1, 0.15) is 26.3 Å². The zero-order valence-corrected chi connectivity index (χ0v) is 17.4. The number of alkyl carbamates (subject to hydrolysis) is 1. The van der Waals surface area contributed by atoms with Crippen LogP contribution in [0.5, 0.6) is 0 Å². The number of para-hydroxylation sites is 1. The lowest BCUT2D eigenvalue weighted by atomic mass is 10.1. The molecule has 0 radical (unpaired) electrons. The van der Waals surface area contributed by atoms with Crippen molar-refractivity contribution in [2.24, 2.45) is 0 Å². The molecule has 1 unspecified atom stereocenters. The SMILES string of the molecule is CC(C)(C)OC(=O)NC(Cc1ccccc1)C(=O)NNc1c(Cl)cccc1Cl. The van der Waals surface area contributed by atoms with E-state index in [1.54, 1.807) is 39.0 Å². The van der Waals surface area contributed by atoms with Gasteiger partial charge in [-0.15, -0.1) is 0 Å². The van der Waals surface area contributed by atoms with E-state index in [0.29, 0.717) is 15.7 Å². The van der Waals surface area contributed by atoms with Crippen molar-refractivity contribution in [3.63, 3.8) is 0 Å². The van der Waals surface area contributed by atoms with E-state index in [1.807, 2.05) is 30.3 Å². The predicted octanol–water partition coefficient (Wildman–Crippen LogP) is 4.57. The molecule has 6 nitrogen and oxygen atoms in total. The van der Waals surface area contributed by atoms with Crippen LogP contribution >= 0.6 is 23.2 Å². The molecule has 2 amide bonds. The standard InChI is InChI=1S/C20H23Cl2N3O3/c1-20(2,3)28-19(27)23-16(12-13-8-5-4-6-9-13)18(26)25-24-17-14(21)10-7-11-15(17)22/h4-11,16,24H,12H2,1-3H3,(H,23,27)(H,25,26). The van der Waals surface area contributed by atoms with Gasteiger partial charge in [-0.2, -0.15) is 0 Å². The molecule has 0 aliphatic heterocycles. The Balaban J connectivity index is 2.10. The van der Waals surface area contributed by atoms with E-state index < -0.39 is 23.6 Å². The minimum absolute atomic E-state index is 0.282. The van der Waals surface area contributed by atoms with Gasteiger partial charge in [-0.25, -0.2) is 4.79 Å². The van der Waals surface area contributed by atoms with Crippen LogP contribution in [0.3, 0.4) is 0 Å². The van der Waals surface area contributed by atoms with Crippen LogP contribution in [0.2, 0.25) is 10.0 Å². The summed E-state index contributed by atoms with van der Waals surface area (Å²) in [5, 5.41) is 3.32. The summed E-state index contributed by atoms with van der Waals surface area (Å²) in [6.45, 7) is 5.25. The Bertz CT molecular complexity index is 803. The summed E-state index contributed by atoms with van der Waals surface area (Å²) in [4.78, 5) is 24.9. The minimum atomic E-state index is -0.869. The van der Waals surface area contributed by atoms with Gasteiger partial charge < -0.3 is 10.1 Å². The van der Waals surface area contributed by atoms with E-state index in [9.17, 15) is 9.59 Å². The number of nitrogens with one attached hydrogen (secondary N) is 3. The smallest absolute Gasteiger partial charge is 0.408 e. The van der Waals surface area contributed by atoms with Crippen LogP contribution in [0, 0.1) is 0 Å². The Kier molecular flexibility index (Phi) is 7.54. The number of carbonyl (C=O) groups excluding carboxylic acids is 2. The molecule has 0 saturated carbocycles. The molecular weight excluding hydrogens is 401 g/mol. The number of rotatable bonds is 6. The Hall–Kier alpha value is -2.44. The van der Waals surface area contributed by atoms with Crippen molar-refractivity contribution in [1.82, 2.24) is 10.7 Å². The molecule has 3 N–H and O–H groups in total. The lowest BCUT2D eigenvalue weighted by Crippen LogP contribution is -2.50. The number of carbonyl (C=O) groups is 2. The second-order valence-corrected chi connectivity index (χ2v) is 7.91. The molecule has 0 saturated heterocycles. The molecule has 2 aromatic rings. The van der Waals surface area contributed by atoms with Gasteiger partial charge in [0.1, 0.15) is 11.6 Å². The molecule has 2 aromatic carbocycles. The lowest BCUT2D eigenvalue weighted by molar-refractivity contribution is -0.122. The summed E-state index contributed by atoms with van der Waals surface area (Å²) in [6, 6.07) is 13.4. The number of ether oxygens (including phenoxy) is 1. The predicted molar refractivity (Wildman–Crippen MR) is 112 cm³/mol. The van der Waals surface area contributed by atoms with E-state index >= 15 is 0 Å². The third-order valence-electron chi connectivity index (χ3n) is 3.56. The first-order valence-electron chi connectivity index (χ1n) is 8.69. The molecule has 28 heavy (non-hydrogen) atoms. The maximum Gasteiger partial charge on any atom is 0.408 e. The lowest BCUT2D eigenvalue weighted by Gasteiger charge is -2.23. The molecule has 0 fully saturated rings. The van der Waals surface area contributed by atoms with Gasteiger partial charge in [-0.3, -0.25) is 15.6 Å². The second kappa shape index (κ2) is 9.66. The van der Waals surface area contributed by atoms with Gasteiger partial charge in [0, 0.05) is 6.42 Å². The van der Waals surface area contributed by atoms with E-state index in [1.165, 1.54) is 0 Å². The van der Waals surface area contributed by atoms with Crippen LogP contribution < -0.4 is 16.2 Å². The number of hydrogen-bond acceptors (Lipinski definition) is 4. The highest BCUT2D eigenvalue weighted by molar-refractivity contribution is 6.39. The Morgan fingerprint density at radius 1 is 1.00 bits per heavy atom. The summed E-state index contributed by atoms with van der Waals surface area (Å²) in [5.74, 6) is -0.467. The van der Waals surface area contributed by atoms with Crippen molar-refractivity contribution in [1.29, 1.82) is 0 Å². The maximum absolute atomic E-state index is 12.7. The molecule has 1 atom stereocenters. The average Bonchev–Trinajstić information content (AvgIpc) is 2.60. The fraction of sp³-hybridized carbons (Fsp3) is 0.300.